The van der Waals surface area contributed by atoms with Gasteiger partial charge in [0.1, 0.15) is 6.54 Å². The summed E-state index contributed by atoms with van der Waals surface area (Å²) in [5.74, 6) is -0.0140. The number of nitrogens with zero attached hydrogens (tertiary/aromatic N) is 1. The molecule has 2 rings (SSSR count). The third-order valence-electron chi connectivity index (χ3n) is 3.49. The first-order valence-electron chi connectivity index (χ1n) is 7.40. The molecule has 2 aromatic rings. The summed E-state index contributed by atoms with van der Waals surface area (Å²) >= 11 is 0. The predicted octanol–water partition coefficient (Wildman–Crippen LogP) is 3.19. The molecule has 0 saturated heterocycles. The number of benzene rings is 1. The van der Waals surface area contributed by atoms with Gasteiger partial charge in [-0.1, -0.05) is 31.5 Å². The van der Waals surface area contributed by atoms with Gasteiger partial charge in [0.2, 0.25) is 5.91 Å². The van der Waals surface area contributed by atoms with E-state index in [9.17, 15) is 4.79 Å². The van der Waals surface area contributed by atoms with Gasteiger partial charge in [0.15, 0.2) is 0 Å². The number of carbonyl (C=O) groups excluding carboxylic acids is 1. The molecule has 4 heteroatoms. The van der Waals surface area contributed by atoms with E-state index in [1.165, 1.54) is 5.56 Å². The van der Waals surface area contributed by atoms with Crippen molar-refractivity contribution in [1.29, 1.82) is 0 Å². The van der Waals surface area contributed by atoms with Crippen LogP contribution in [0.1, 0.15) is 31.4 Å². The Morgan fingerprint density at radius 2 is 2.00 bits per heavy atom. The van der Waals surface area contributed by atoms with Crippen LogP contribution in [-0.4, -0.2) is 17.5 Å². The maximum absolute atomic E-state index is 12.0. The first-order chi connectivity index (χ1) is 10.2. The summed E-state index contributed by atoms with van der Waals surface area (Å²) in [6, 6.07) is 12.0. The Morgan fingerprint density at radius 1 is 1.24 bits per heavy atom. The van der Waals surface area contributed by atoms with E-state index in [2.05, 4.69) is 23.6 Å². The van der Waals surface area contributed by atoms with E-state index < -0.39 is 0 Å². The van der Waals surface area contributed by atoms with E-state index >= 15 is 0 Å². The number of para-hydroxylation sites is 1. The van der Waals surface area contributed by atoms with E-state index in [-0.39, 0.29) is 5.91 Å². The van der Waals surface area contributed by atoms with E-state index in [4.69, 9.17) is 0 Å². The number of nitrogens with one attached hydrogen (secondary N) is 2. The molecule has 0 radical (unpaired) electrons. The Labute approximate surface area is 126 Å². The second-order valence-electron chi connectivity index (χ2n) is 5.16. The molecule has 1 aromatic carbocycles. The van der Waals surface area contributed by atoms with Crippen molar-refractivity contribution in [2.75, 3.05) is 12.4 Å². The van der Waals surface area contributed by atoms with E-state index in [1.807, 2.05) is 54.3 Å². The van der Waals surface area contributed by atoms with Gasteiger partial charge in [-0.25, -0.2) is 0 Å². The largest absolute Gasteiger partial charge is 0.345 e. The Kier molecular flexibility index (Phi) is 5.58. The molecule has 2 N–H and O–H groups in total. The summed E-state index contributed by atoms with van der Waals surface area (Å²) in [5, 5.41) is 6.20. The van der Waals surface area contributed by atoms with Crippen LogP contribution in [0.5, 0.6) is 0 Å². The molecule has 0 aliphatic rings. The highest BCUT2D eigenvalue weighted by molar-refractivity contribution is 5.90. The first kappa shape index (κ1) is 15.3. The van der Waals surface area contributed by atoms with Gasteiger partial charge in [0, 0.05) is 24.1 Å². The Morgan fingerprint density at radius 3 is 2.67 bits per heavy atom. The van der Waals surface area contributed by atoms with E-state index in [0.29, 0.717) is 12.6 Å². The van der Waals surface area contributed by atoms with Crippen LogP contribution in [0.25, 0.3) is 0 Å². The molecule has 0 bridgehead atoms. The summed E-state index contributed by atoms with van der Waals surface area (Å²) in [4.78, 5) is 12.0. The van der Waals surface area contributed by atoms with Crippen LogP contribution in [0.4, 0.5) is 5.69 Å². The van der Waals surface area contributed by atoms with Gasteiger partial charge < -0.3 is 15.2 Å². The lowest BCUT2D eigenvalue weighted by molar-refractivity contribution is -0.116. The molecule has 1 aromatic heterocycles. The normalized spacial score (nSPS) is 12.1. The molecular weight excluding hydrogens is 262 g/mol. The third-order valence-corrected chi connectivity index (χ3v) is 3.49. The number of carbonyl (C=O) groups is 1. The average Bonchev–Trinajstić information content (AvgIpc) is 2.93. The minimum Gasteiger partial charge on any atom is -0.345 e. The number of amides is 1. The molecule has 0 spiro atoms. The molecule has 1 unspecified atom stereocenters. The third kappa shape index (κ3) is 4.46. The van der Waals surface area contributed by atoms with Crippen molar-refractivity contribution in [2.24, 2.45) is 0 Å². The lowest BCUT2D eigenvalue weighted by atomic mass is 10.1. The number of aromatic nitrogens is 1. The molecule has 112 valence electrons. The summed E-state index contributed by atoms with van der Waals surface area (Å²) in [5.41, 5.74) is 2.06. The number of rotatable bonds is 7. The van der Waals surface area contributed by atoms with Crippen molar-refractivity contribution in [1.82, 2.24) is 9.88 Å². The van der Waals surface area contributed by atoms with Crippen LogP contribution in [0, 0.1) is 0 Å². The van der Waals surface area contributed by atoms with Gasteiger partial charge in [-0.2, -0.15) is 0 Å². The van der Waals surface area contributed by atoms with Gasteiger partial charge in [-0.15, -0.1) is 0 Å². The molecule has 1 amide bonds. The summed E-state index contributed by atoms with van der Waals surface area (Å²) in [6.45, 7) is 2.51. The lowest BCUT2D eigenvalue weighted by Gasteiger charge is -2.13. The van der Waals surface area contributed by atoms with Crippen LogP contribution in [0.15, 0.2) is 48.8 Å². The quantitative estimate of drug-likeness (QED) is 0.820. The van der Waals surface area contributed by atoms with Gasteiger partial charge in [0.05, 0.1) is 0 Å². The monoisotopic (exact) mass is 285 g/mol. The zero-order chi connectivity index (χ0) is 15.1. The van der Waals surface area contributed by atoms with Crippen molar-refractivity contribution in [2.45, 2.75) is 32.4 Å². The highest BCUT2D eigenvalue weighted by Gasteiger charge is 2.10. The molecular formula is C17H23N3O. The maximum Gasteiger partial charge on any atom is 0.244 e. The fraction of sp³-hybridized carbons (Fsp3) is 0.353. The summed E-state index contributed by atoms with van der Waals surface area (Å²) < 4.78 is 1.92. The smallest absolute Gasteiger partial charge is 0.244 e. The van der Waals surface area contributed by atoms with Gasteiger partial charge in [-0.05, 0) is 37.2 Å². The summed E-state index contributed by atoms with van der Waals surface area (Å²) in [7, 11) is 1.97. The summed E-state index contributed by atoms with van der Waals surface area (Å²) in [6.07, 6.45) is 6.23. The average molecular weight is 285 g/mol. The van der Waals surface area contributed by atoms with Crippen molar-refractivity contribution in [3.8, 4) is 0 Å². The topological polar surface area (TPSA) is 46.1 Å². The molecule has 0 aliphatic heterocycles. The second-order valence-corrected chi connectivity index (χ2v) is 5.16. The lowest BCUT2D eigenvalue weighted by Crippen LogP contribution is -2.18. The highest BCUT2D eigenvalue weighted by Crippen LogP contribution is 2.18. The Hall–Kier alpha value is -2.07. The minimum atomic E-state index is -0.0140. The maximum atomic E-state index is 12.0. The highest BCUT2D eigenvalue weighted by atomic mass is 16.1. The number of anilines is 1. The van der Waals surface area contributed by atoms with Crippen molar-refractivity contribution < 1.29 is 4.79 Å². The van der Waals surface area contributed by atoms with Gasteiger partial charge >= 0.3 is 0 Å². The fourth-order valence-electron chi connectivity index (χ4n) is 2.42. The zero-order valence-electron chi connectivity index (χ0n) is 12.7. The molecule has 1 atom stereocenters. The first-order valence-corrected chi connectivity index (χ1v) is 7.40. The second kappa shape index (κ2) is 7.64. The van der Waals surface area contributed by atoms with Crippen LogP contribution in [-0.2, 0) is 11.3 Å². The van der Waals surface area contributed by atoms with E-state index in [1.54, 1.807) is 0 Å². The molecule has 0 saturated carbocycles. The molecule has 0 fully saturated rings. The van der Waals surface area contributed by atoms with Crippen LogP contribution < -0.4 is 10.6 Å². The van der Waals surface area contributed by atoms with Crippen LogP contribution in [0.3, 0.4) is 0 Å². The standard InChI is InChI=1S/C17H23N3O/c1-3-7-16(18-2)14-10-11-20(12-14)13-17(21)19-15-8-5-4-6-9-15/h4-6,8-12,16,18H,3,7,13H2,1-2H3,(H,19,21). The SMILES string of the molecule is CCCC(NC)c1ccn(CC(=O)Nc2ccccc2)c1. The number of hydrogen-bond donors (Lipinski definition) is 2. The molecule has 0 aliphatic carbocycles. The van der Waals surface area contributed by atoms with Crippen LogP contribution >= 0.6 is 0 Å². The number of hydrogen-bond acceptors (Lipinski definition) is 2. The Balaban J connectivity index is 1.94. The van der Waals surface area contributed by atoms with Crippen molar-refractivity contribution >= 4 is 11.6 Å². The molecule has 1 heterocycles. The minimum absolute atomic E-state index is 0.0140. The zero-order valence-corrected chi connectivity index (χ0v) is 12.7. The Bertz CT molecular complexity index is 562. The van der Waals surface area contributed by atoms with E-state index in [0.717, 1.165) is 18.5 Å². The van der Waals surface area contributed by atoms with Gasteiger partial charge in [0.25, 0.3) is 0 Å². The fourth-order valence-corrected chi connectivity index (χ4v) is 2.42. The predicted molar refractivity (Wildman–Crippen MR) is 86.2 cm³/mol. The van der Waals surface area contributed by atoms with Crippen molar-refractivity contribution in [3.05, 3.63) is 54.4 Å². The molecule has 21 heavy (non-hydrogen) atoms. The van der Waals surface area contributed by atoms with Crippen molar-refractivity contribution in [3.63, 3.8) is 0 Å². The van der Waals surface area contributed by atoms with Crippen LogP contribution in [0.2, 0.25) is 0 Å². The van der Waals surface area contributed by atoms with Gasteiger partial charge in [-0.3, -0.25) is 4.79 Å². The molecule has 4 nitrogen and oxygen atoms in total.